The smallest absolute Gasteiger partial charge is 0.241 e. The highest BCUT2D eigenvalue weighted by Gasteiger charge is 2.19. The summed E-state index contributed by atoms with van der Waals surface area (Å²) < 4.78 is 39.0. The van der Waals surface area contributed by atoms with Gasteiger partial charge in [0.1, 0.15) is 18.0 Å². The average Bonchev–Trinajstić information content (AvgIpc) is 2.82. The molecule has 0 aliphatic carbocycles. The lowest BCUT2D eigenvalue weighted by atomic mass is 10.3. The summed E-state index contributed by atoms with van der Waals surface area (Å²) in [5.41, 5.74) is 0. The van der Waals surface area contributed by atoms with E-state index >= 15 is 0 Å². The number of rotatable bonds is 4. The SMILES string of the molecule is CC(NS(=O)(=O)c1ccc(F)cc1)c1ncn[nH]1. The van der Waals surface area contributed by atoms with E-state index in [1.165, 1.54) is 18.5 Å². The zero-order valence-corrected chi connectivity index (χ0v) is 10.3. The molecule has 6 nitrogen and oxygen atoms in total. The van der Waals surface area contributed by atoms with Crippen molar-refractivity contribution >= 4 is 10.0 Å². The van der Waals surface area contributed by atoms with Gasteiger partial charge in [-0.2, -0.15) is 5.10 Å². The zero-order chi connectivity index (χ0) is 13.2. The molecule has 0 amide bonds. The lowest BCUT2D eigenvalue weighted by Gasteiger charge is -2.11. The van der Waals surface area contributed by atoms with Gasteiger partial charge >= 0.3 is 0 Å². The molecule has 2 aromatic rings. The van der Waals surface area contributed by atoms with Crippen molar-refractivity contribution in [3.05, 3.63) is 42.2 Å². The summed E-state index contributed by atoms with van der Waals surface area (Å²) in [5, 5.41) is 6.21. The number of sulfonamides is 1. The number of hydrogen-bond donors (Lipinski definition) is 2. The van der Waals surface area contributed by atoms with E-state index in [9.17, 15) is 12.8 Å². The summed E-state index contributed by atoms with van der Waals surface area (Å²) in [6, 6.07) is 4.03. The summed E-state index contributed by atoms with van der Waals surface area (Å²) in [5.74, 6) is -0.0853. The monoisotopic (exact) mass is 270 g/mol. The second-order valence-corrected chi connectivity index (χ2v) is 5.38. The standard InChI is InChI=1S/C10H11FN4O2S/c1-7(10-12-6-13-14-10)15-18(16,17)9-4-2-8(11)3-5-9/h2-7,15H,1H3,(H,12,13,14). The molecule has 1 aromatic heterocycles. The van der Waals surface area contributed by atoms with Crippen molar-refractivity contribution in [1.29, 1.82) is 0 Å². The number of benzene rings is 1. The van der Waals surface area contributed by atoms with Crippen molar-refractivity contribution in [2.45, 2.75) is 17.9 Å². The van der Waals surface area contributed by atoms with Crippen LogP contribution in [0.15, 0.2) is 35.5 Å². The lowest BCUT2D eigenvalue weighted by Crippen LogP contribution is -2.27. The maximum Gasteiger partial charge on any atom is 0.241 e. The van der Waals surface area contributed by atoms with Crippen LogP contribution in [0.3, 0.4) is 0 Å². The van der Waals surface area contributed by atoms with E-state index in [0.717, 1.165) is 12.1 Å². The van der Waals surface area contributed by atoms with Crippen LogP contribution in [0.25, 0.3) is 0 Å². The minimum atomic E-state index is -3.71. The van der Waals surface area contributed by atoms with E-state index in [0.29, 0.717) is 5.82 Å². The quantitative estimate of drug-likeness (QED) is 0.867. The first kappa shape index (κ1) is 12.7. The summed E-state index contributed by atoms with van der Waals surface area (Å²) in [7, 11) is -3.71. The summed E-state index contributed by atoms with van der Waals surface area (Å²) in [6.07, 6.45) is 1.29. The molecule has 96 valence electrons. The van der Waals surface area contributed by atoms with Crippen LogP contribution in [0.2, 0.25) is 0 Å². The topological polar surface area (TPSA) is 87.7 Å². The molecule has 1 aromatic carbocycles. The molecule has 1 unspecified atom stereocenters. The maximum atomic E-state index is 12.7. The molecule has 0 aliphatic rings. The van der Waals surface area contributed by atoms with Crippen LogP contribution in [-0.2, 0) is 10.0 Å². The van der Waals surface area contributed by atoms with Crippen molar-refractivity contribution in [2.75, 3.05) is 0 Å². The van der Waals surface area contributed by atoms with Crippen molar-refractivity contribution < 1.29 is 12.8 Å². The lowest BCUT2D eigenvalue weighted by molar-refractivity contribution is 0.559. The molecule has 1 atom stereocenters. The van der Waals surface area contributed by atoms with Crippen molar-refractivity contribution in [3.8, 4) is 0 Å². The molecule has 18 heavy (non-hydrogen) atoms. The molecule has 0 radical (unpaired) electrons. The Morgan fingerprint density at radius 3 is 2.56 bits per heavy atom. The van der Waals surface area contributed by atoms with Crippen LogP contribution >= 0.6 is 0 Å². The van der Waals surface area contributed by atoms with Gasteiger partial charge in [-0.3, -0.25) is 5.10 Å². The molecule has 0 aliphatic heterocycles. The Labute approximate surface area is 103 Å². The summed E-state index contributed by atoms with van der Waals surface area (Å²) in [6.45, 7) is 1.63. The minimum absolute atomic E-state index is 0.00438. The molecule has 0 saturated carbocycles. The molecule has 2 N–H and O–H groups in total. The second kappa shape index (κ2) is 4.83. The Balaban J connectivity index is 2.20. The van der Waals surface area contributed by atoms with E-state index in [1.54, 1.807) is 6.92 Å². The fraction of sp³-hybridized carbons (Fsp3) is 0.200. The van der Waals surface area contributed by atoms with Crippen LogP contribution in [0.4, 0.5) is 4.39 Å². The van der Waals surface area contributed by atoms with Gasteiger partial charge in [0.25, 0.3) is 0 Å². The number of H-pyrrole nitrogens is 1. The fourth-order valence-corrected chi connectivity index (χ4v) is 2.60. The van der Waals surface area contributed by atoms with Gasteiger partial charge in [0.15, 0.2) is 0 Å². The van der Waals surface area contributed by atoms with E-state index in [4.69, 9.17) is 0 Å². The van der Waals surface area contributed by atoms with Gasteiger partial charge in [-0.15, -0.1) is 0 Å². The van der Waals surface area contributed by atoms with Crippen LogP contribution in [-0.4, -0.2) is 23.6 Å². The van der Waals surface area contributed by atoms with Gasteiger partial charge in [-0.1, -0.05) is 0 Å². The molecule has 0 spiro atoms. The molecule has 0 bridgehead atoms. The molecular weight excluding hydrogens is 259 g/mol. The zero-order valence-electron chi connectivity index (χ0n) is 9.46. The van der Waals surface area contributed by atoms with Crippen LogP contribution < -0.4 is 4.72 Å². The highest BCUT2D eigenvalue weighted by Crippen LogP contribution is 2.14. The Bertz CT molecular complexity index is 610. The summed E-state index contributed by atoms with van der Waals surface area (Å²) in [4.78, 5) is 3.85. The number of hydrogen-bond acceptors (Lipinski definition) is 4. The molecule has 0 saturated heterocycles. The van der Waals surface area contributed by atoms with E-state index in [2.05, 4.69) is 19.9 Å². The van der Waals surface area contributed by atoms with Crippen LogP contribution in [0.1, 0.15) is 18.8 Å². The van der Waals surface area contributed by atoms with Gasteiger partial charge in [-0.05, 0) is 31.2 Å². The predicted molar refractivity (Wildman–Crippen MR) is 61.5 cm³/mol. The molecule has 2 rings (SSSR count). The number of nitrogens with one attached hydrogen (secondary N) is 2. The second-order valence-electron chi connectivity index (χ2n) is 3.67. The first-order valence-electron chi connectivity index (χ1n) is 5.12. The first-order valence-corrected chi connectivity index (χ1v) is 6.60. The van der Waals surface area contributed by atoms with E-state index < -0.39 is 21.9 Å². The van der Waals surface area contributed by atoms with Crippen LogP contribution in [0, 0.1) is 5.82 Å². The normalized spacial score (nSPS) is 13.4. The fourth-order valence-electron chi connectivity index (χ4n) is 1.39. The minimum Gasteiger partial charge on any atom is -0.262 e. The van der Waals surface area contributed by atoms with Gasteiger partial charge < -0.3 is 0 Å². The number of nitrogens with zero attached hydrogens (tertiary/aromatic N) is 2. The van der Waals surface area contributed by atoms with E-state index in [-0.39, 0.29) is 4.90 Å². The molecule has 1 heterocycles. The van der Waals surface area contributed by atoms with Gasteiger partial charge in [0, 0.05) is 0 Å². The third-order valence-electron chi connectivity index (χ3n) is 2.30. The third kappa shape index (κ3) is 2.71. The Kier molecular flexibility index (Phi) is 3.39. The highest BCUT2D eigenvalue weighted by molar-refractivity contribution is 7.89. The first-order chi connectivity index (χ1) is 8.49. The maximum absolute atomic E-state index is 12.7. The largest absolute Gasteiger partial charge is 0.262 e. The van der Waals surface area contributed by atoms with E-state index in [1.807, 2.05) is 0 Å². The van der Waals surface area contributed by atoms with Gasteiger partial charge in [0.05, 0.1) is 10.9 Å². The Hall–Kier alpha value is -1.80. The van der Waals surface area contributed by atoms with Crippen molar-refractivity contribution in [1.82, 2.24) is 19.9 Å². The predicted octanol–water partition coefficient (Wildman–Crippen LogP) is 0.983. The average molecular weight is 270 g/mol. The molecular formula is C10H11FN4O2S. The van der Waals surface area contributed by atoms with Crippen LogP contribution in [0.5, 0.6) is 0 Å². The number of halogens is 1. The molecule has 0 fully saturated rings. The third-order valence-corrected chi connectivity index (χ3v) is 3.86. The Morgan fingerprint density at radius 1 is 1.33 bits per heavy atom. The Morgan fingerprint density at radius 2 is 2.00 bits per heavy atom. The summed E-state index contributed by atoms with van der Waals surface area (Å²) >= 11 is 0. The van der Waals surface area contributed by atoms with Crippen molar-refractivity contribution in [3.63, 3.8) is 0 Å². The van der Waals surface area contributed by atoms with Gasteiger partial charge in [0.2, 0.25) is 10.0 Å². The molecule has 8 heteroatoms. The number of aromatic amines is 1. The van der Waals surface area contributed by atoms with Crippen molar-refractivity contribution in [2.24, 2.45) is 0 Å². The van der Waals surface area contributed by atoms with Gasteiger partial charge in [-0.25, -0.2) is 22.5 Å². The number of aromatic nitrogens is 3. The highest BCUT2D eigenvalue weighted by atomic mass is 32.2.